The molecule has 26 heavy (non-hydrogen) atoms. The molecule has 0 radical (unpaired) electrons. The molecule has 132 valence electrons. The Labute approximate surface area is 157 Å². The van der Waals surface area contributed by atoms with Gasteiger partial charge in [0.2, 0.25) is 0 Å². The Hall–Kier alpha value is -2.46. The van der Waals surface area contributed by atoms with E-state index in [0.29, 0.717) is 16.8 Å². The molecule has 4 rings (SSSR count). The van der Waals surface area contributed by atoms with Crippen LogP contribution in [-0.2, 0) is 12.8 Å². The standard InChI is InChI=1S/C21H20ClN3O/c1-13-3-6-18(14(2)9-13)15-4-7-19-16(10-15)11-24-25(21(19)26)20-8-5-17(22)12-23-20/h3,5-6,8-9,11-12,15H,4,7,10H2,1-2H3. The third-order valence-corrected chi connectivity index (χ3v) is 5.39. The fourth-order valence-electron chi connectivity index (χ4n) is 3.86. The first kappa shape index (κ1) is 17.0. The van der Waals surface area contributed by atoms with E-state index in [1.54, 1.807) is 12.1 Å². The molecule has 2 heterocycles. The molecule has 2 aromatic heterocycles. The fraction of sp³-hybridized carbons (Fsp3) is 0.286. The van der Waals surface area contributed by atoms with Crippen LogP contribution in [0.15, 0.2) is 47.5 Å². The zero-order valence-electron chi connectivity index (χ0n) is 14.9. The number of fused-ring (bicyclic) bond motifs is 1. The molecule has 0 fully saturated rings. The van der Waals surface area contributed by atoms with E-state index >= 15 is 0 Å². The van der Waals surface area contributed by atoms with Gasteiger partial charge in [0, 0.05) is 11.8 Å². The van der Waals surface area contributed by atoms with Crippen LogP contribution in [0, 0.1) is 13.8 Å². The van der Waals surface area contributed by atoms with Crippen LogP contribution in [0.5, 0.6) is 0 Å². The second-order valence-electron chi connectivity index (χ2n) is 7.00. The summed E-state index contributed by atoms with van der Waals surface area (Å²) in [6, 6.07) is 10.1. The largest absolute Gasteiger partial charge is 0.276 e. The highest BCUT2D eigenvalue weighted by molar-refractivity contribution is 6.30. The maximum Gasteiger partial charge on any atom is 0.276 e. The predicted octanol–water partition coefficient (Wildman–Crippen LogP) is 4.17. The minimum absolute atomic E-state index is 0.0728. The summed E-state index contributed by atoms with van der Waals surface area (Å²) in [5.41, 5.74) is 5.82. The number of halogens is 1. The maximum atomic E-state index is 12.9. The Morgan fingerprint density at radius 1 is 1.15 bits per heavy atom. The van der Waals surface area contributed by atoms with E-state index in [-0.39, 0.29) is 5.56 Å². The molecule has 0 aliphatic heterocycles. The predicted molar refractivity (Wildman–Crippen MR) is 103 cm³/mol. The summed E-state index contributed by atoms with van der Waals surface area (Å²) in [6.07, 6.45) is 5.95. The van der Waals surface area contributed by atoms with Crippen LogP contribution in [0.25, 0.3) is 5.82 Å². The van der Waals surface area contributed by atoms with Crippen molar-refractivity contribution in [3.05, 3.63) is 85.9 Å². The SMILES string of the molecule is Cc1ccc(C2CCc3c(cnn(-c4ccc(Cl)cn4)c3=O)C2)c(C)c1. The molecular weight excluding hydrogens is 346 g/mol. The Morgan fingerprint density at radius 3 is 2.73 bits per heavy atom. The Bertz CT molecular complexity index is 1020. The Morgan fingerprint density at radius 2 is 2.00 bits per heavy atom. The van der Waals surface area contributed by atoms with Crippen molar-refractivity contribution >= 4 is 11.6 Å². The molecule has 0 amide bonds. The van der Waals surface area contributed by atoms with Crippen molar-refractivity contribution in [2.45, 2.75) is 39.0 Å². The number of hydrogen-bond acceptors (Lipinski definition) is 3. The first-order chi connectivity index (χ1) is 12.5. The van der Waals surface area contributed by atoms with Crippen molar-refractivity contribution in [3.8, 4) is 5.82 Å². The molecule has 1 aliphatic rings. The highest BCUT2D eigenvalue weighted by atomic mass is 35.5. The van der Waals surface area contributed by atoms with Gasteiger partial charge in [-0.15, -0.1) is 0 Å². The highest BCUT2D eigenvalue weighted by Gasteiger charge is 2.24. The molecule has 3 aromatic rings. The lowest BCUT2D eigenvalue weighted by atomic mass is 9.79. The van der Waals surface area contributed by atoms with E-state index in [2.05, 4.69) is 42.1 Å². The first-order valence-electron chi connectivity index (χ1n) is 8.82. The molecule has 0 bridgehead atoms. The van der Waals surface area contributed by atoms with E-state index in [1.165, 1.54) is 27.6 Å². The molecule has 5 heteroatoms. The van der Waals surface area contributed by atoms with Gasteiger partial charge in [-0.05, 0) is 67.9 Å². The molecule has 0 N–H and O–H groups in total. The van der Waals surface area contributed by atoms with E-state index in [9.17, 15) is 4.79 Å². The highest BCUT2D eigenvalue weighted by Crippen LogP contribution is 2.33. The van der Waals surface area contributed by atoms with Crippen LogP contribution in [0.4, 0.5) is 0 Å². The maximum absolute atomic E-state index is 12.9. The molecule has 1 aliphatic carbocycles. The fourth-order valence-corrected chi connectivity index (χ4v) is 3.97. The van der Waals surface area contributed by atoms with E-state index in [0.717, 1.165) is 30.4 Å². The average Bonchev–Trinajstić information content (AvgIpc) is 2.63. The van der Waals surface area contributed by atoms with E-state index < -0.39 is 0 Å². The monoisotopic (exact) mass is 365 g/mol. The number of aromatic nitrogens is 3. The molecule has 1 aromatic carbocycles. The minimum atomic E-state index is -0.0728. The van der Waals surface area contributed by atoms with Crippen LogP contribution in [-0.4, -0.2) is 14.8 Å². The van der Waals surface area contributed by atoms with Crippen molar-refractivity contribution in [1.82, 2.24) is 14.8 Å². The van der Waals surface area contributed by atoms with Gasteiger partial charge < -0.3 is 0 Å². The number of nitrogens with zero attached hydrogens (tertiary/aromatic N) is 3. The van der Waals surface area contributed by atoms with Crippen molar-refractivity contribution in [3.63, 3.8) is 0 Å². The van der Waals surface area contributed by atoms with E-state index in [4.69, 9.17) is 11.6 Å². The summed E-state index contributed by atoms with van der Waals surface area (Å²) in [5.74, 6) is 0.938. The smallest absolute Gasteiger partial charge is 0.267 e. The van der Waals surface area contributed by atoms with Crippen LogP contribution >= 0.6 is 11.6 Å². The molecule has 4 nitrogen and oxygen atoms in total. The lowest BCUT2D eigenvalue weighted by Gasteiger charge is -2.26. The Balaban J connectivity index is 1.68. The number of hydrogen-bond donors (Lipinski definition) is 0. The van der Waals surface area contributed by atoms with Crippen molar-refractivity contribution in [2.75, 3.05) is 0 Å². The van der Waals surface area contributed by atoms with Crippen molar-refractivity contribution in [1.29, 1.82) is 0 Å². The first-order valence-corrected chi connectivity index (χ1v) is 9.20. The molecule has 0 saturated carbocycles. The zero-order chi connectivity index (χ0) is 18.3. The van der Waals surface area contributed by atoms with Gasteiger partial charge in [0.1, 0.15) is 0 Å². The molecule has 0 spiro atoms. The summed E-state index contributed by atoms with van der Waals surface area (Å²) in [5, 5.41) is 4.89. The Kier molecular flexibility index (Phi) is 4.37. The van der Waals surface area contributed by atoms with Gasteiger partial charge in [0.25, 0.3) is 5.56 Å². The van der Waals surface area contributed by atoms with Gasteiger partial charge in [-0.2, -0.15) is 9.78 Å². The van der Waals surface area contributed by atoms with Gasteiger partial charge in [-0.1, -0.05) is 35.4 Å². The summed E-state index contributed by atoms with van der Waals surface area (Å²) in [6.45, 7) is 4.28. The third kappa shape index (κ3) is 3.06. The van der Waals surface area contributed by atoms with Gasteiger partial charge >= 0.3 is 0 Å². The number of benzene rings is 1. The lowest BCUT2D eigenvalue weighted by molar-refractivity contribution is 0.565. The van der Waals surface area contributed by atoms with Crippen LogP contribution in [0.3, 0.4) is 0 Å². The molecule has 1 atom stereocenters. The topological polar surface area (TPSA) is 47.8 Å². The van der Waals surface area contributed by atoms with Gasteiger partial charge in [0.05, 0.1) is 11.2 Å². The third-order valence-electron chi connectivity index (χ3n) is 5.17. The van der Waals surface area contributed by atoms with E-state index in [1.807, 2.05) is 6.20 Å². The molecule has 1 unspecified atom stereocenters. The quantitative estimate of drug-likeness (QED) is 0.684. The number of pyridine rings is 1. The van der Waals surface area contributed by atoms with Crippen LogP contribution in [0.1, 0.15) is 40.2 Å². The van der Waals surface area contributed by atoms with Gasteiger partial charge in [-0.3, -0.25) is 4.79 Å². The van der Waals surface area contributed by atoms with Gasteiger partial charge in [0.15, 0.2) is 5.82 Å². The second kappa shape index (κ2) is 6.69. The summed E-state index contributed by atoms with van der Waals surface area (Å²) in [4.78, 5) is 17.1. The minimum Gasteiger partial charge on any atom is -0.267 e. The number of aryl methyl sites for hydroxylation is 2. The summed E-state index contributed by atoms with van der Waals surface area (Å²) < 4.78 is 1.37. The summed E-state index contributed by atoms with van der Waals surface area (Å²) in [7, 11) is 0. The van der Waals surface area contributed by atoms with Crippen molar-refractivity contribution < 1.29 is 0 Å². The zero-order valence-corrected chi connectivity index (χ0v) is 15.6. The normalized spacial score (nSPS) is 16.3. The second-order valence-corrected chi connectivity index (χ2v) is 7.44. The van der Waals surface area contributed by atoms with Gasteiger partial charge in [-0.25, -0.2) is 4.98 Å². The van der Waals surface area contributed by atoms with Crippen LogP contribution < -0.4 is 5.56 Å². The molecular formula is C21H20ClN3O. The molecule has 0 saturated heterocycles. The number of rotatable bonds is 2. The van der Waals surface area contributed by atoms with Crippen molar-refractivity contribution in [2.24, 2.45) is 0 Å². The lowest BCUT2D eigenvalue weighted by Crippen LogP contribution is -2.30. The van der Waals surface area contributed by atoms with Crippen LogP contribution in [0.2, 0.25) is 5.02 Å². The average molecular weight is 366 g/mol. The summed E-state index contributed by atoms with van der Waals surface area (Å²) >= 11 is 5.88.